The molecule has 1 aliphatic heterocycles. The van der Waals surface area contributed by atoms with Gasteiger partial charge < -0.3 is 9.29 Å². The van der Waals surface area contributed by atoms with Gasteiger partial charge >= 0.3 is 29.6 Å². The third kappa shape index (κ3) is 2.13. The van der Waals surface area contributed by atoms with E-state index in [9.17, 15) is 8.76 Å². The number of ether oxygens (including phenoxy) is 1. The Hall–Kier alpha value is 1.07. The molecule has 1 heterocycles. The molecule has 8 heavy (non-hydrogen) atoms. The molecule has 0 saturated carbocycles. The fraction of sp³-hybridized carbons (Fsp3) is 1.00. The maximum Gasteiger partial charge on any atom is 1.00 e. The van der Waals surface area contributed by atoms with Crippen LogP contribution in [0.25, 0.3) is 0 Å². The van der Waals surface area contributed by atoms with Crippen molar-refractivity contribution in [1.82, 2.24) is 0 Å². The molecular weight excluding hydrogens is 139 g/mol. The minimum Gasteiger partial charge on any atom is -0.772 e. The second-order valence-corrected chi connectivity index (χ2v) is 2.61. The molecule has 0 N–H and O–H groups in total. The molecule has 1 fully saturated rings. The van der Waals surface area contributed by atoms with Gasteiger partial charge in [0.05, 0.1) is 18.5 Å². The first-order valence-electron chi connectivity index (χ1n) is 1.96. The van der Waals surface area contributed by atoms with Gasteiger partial charge in [0.1, 0.15) is 0 Å². The predicted molar refractivity (Wildman–Crippen MR) is 23.5 cm³/mol. The van der Waals surface area contributed by atoms with Crippen molar-refractivity contribution in [2.45, 2.75) is 5.25 Å². The monoisotopic (exact) mass is 144 g/mol. The molecule has 0 spiro atoms. The van der Waals surface area contributed by atoms with Crippen LogP contribution in [0.5, 0.6) is 0 Å². The van der Waals surface area contributed by atoms with Crippen molar-refractivity contribution >= 4 is 11.1 Å². The molecule has 0 amide bonds. The van der Waals surface area contributed by atoms with Gasteiger partial charge in [-0.3, -0.25) is 4.21 Å². The van der Waals surface area contributed by atoms with Crippen LogP contribution < -0.4 is 29.6 Å². The molecule has 0 aromatic carbocycles. The molecule has 42 valence electrons. The Bertz CT molecular complexity index is 92.5. The average molecular weight is 144 g/mol. The van der Waals surface area contributed by atoms with E-state index in [1.807, 2.05) is 0 Å². The van der Waals surface area contributed by atoms with Crippen molar-refractivity contribution in [1.29, 1.82) is 0 Å². The van der Waals surface area contributed by atoms with Crippen LogP contribution in [0.3, 0.4) is 0 Å². The molecule has 3 nitrogen and oxygen atoms in total. The zero-order chi connectivity index (χ0) is 5.28. The smallest absolute Gasteiger partial charge is 0.772 e. The minimum atomic E-state index is -1.90. The zero-order valence-corrected chi connectivity index (χ0v) is 7.44. The first-order chi connectivity index (χ1) is 3.30. The van der Waals surface area contributed by atoms with E-state index < -0.39 is 11.1 Å². The summed E-state index contributed by atoms with van der Waals surface area (Å²) < 4.78 is 24.4. The van der Waals surface area contributed by atoms with Gasteiger partial charge in [0.25, 0.3) is 0 Å². The first-order valence-corrected chi connectivity index (χ1v) is 3.10. The Morgan fingerprint density at radius 2 is 2.12 bits per heavy atom. The Kier molecular flexibility index (Phi) is 4.51. The summed E-state index contributed by atoms with van der Waals surface area (Å²) >= 11 is -1.90. The molecule has 0 aliphatic carbocycles. The number of hydrogen-bond acceptors (Lipinski definition) is 3. The first kappa shape index (κ1) is 9.07. The van der Waals surface area contributed by atoms with E-state index in [2.05, 4.69) is 4.74 Å². The van der Waals surface area contributed by atoms with Crippen molar-refractivity contribution < 1.29 is 43.1 Å². The molecule has 1 aliphatic rings. The van der Waals surface area contributed by atoms with Gasteiger partial charge in [-0.2, -0.15) is 0 Å². The van der Waals surface area contributed by atoms with Crippen molar-refractivity contribution in [2.24, 2.45) is 0 Å². The fourth-order valence-electron chi connectivity index (χ4n) is 0.325. The average Bonchev–Trinajstić information content (AvgIpc) is 1.23. The molecular formula is C3H5NaO3S. The Morgan fingerprint density at radius 1 is 1.62 bits per heavy atom. The quantitative estimate of drug-likeness (QED) is 0.281. The van der Waals surface area contributed by atoms with Crippen molar-refractivity contribution in [3.8, 4) is 0 Å². The normalized spacial score (nSPS) is 23.1. The number of hydrogen-bond donors (Lipinski definition) is 0. The van der Waals surface area contributed by atoms with Crippen LogP contribution in [0.1, 0.15) is 0 Å². The summed E-state index contributed by atoms with van der Waals surface area (Å²) in [5, 5.41) is -0.222. The number of rotatable bonds is 1. The van der Waals surface area contributed by atoms with Crippen LogP contribution >= 0.6 is 0 Å². The van der Waals surface area contributed by atoms with E-state index in [0.717, 1.165) is 0 Å². The molecule has 1 rings (SSSR count). The van der Waals surface area contributed by atoms with Crippen LogP contribution in [0.2, 0.25) is 0 Å². The van der Waals surface area contributed by atoms with Crippen molar-refractivity contribution in [3.05, 3.63) is 0 Å². The molecule has 0 bridgehead atoms. The van der Waals surface area contributed by atoms with Crippen LogP contribution in [0.4, 0.5) is 0 Å². The third-order valence-electron chi connectivity index (χ3n) is 0.880. The molecule has 1 saturated heterocycles. The third-order valence-corrected chi connectivity index (χ3v) is 1.70. The van der Waals surface area contributed by atoms with E-state index in [0.29, 0.717) is 13.2 Å². The summed E-state index contributed by atoms with van der Waals surface area (Å²) in [6, 6.07) is 0. The zero-order valence-electron chi connectivity index (χ0n) is 4.62. The van der Waals surface area contributed by atoms with E-state index in [1.165, 1.54) is 0 Å². The Morgan fingerprint density at radius 3 is 2.12 bits per heavy atom. The summed E-state index contributed by atoms with van der Waals surface area (Å²) in [5.41, 5.74) is 0. The van der Waals surface area contributed by atoms with Crippen LogP contribution in [0, 0.1) is 0 Å². The minimum absolute atomic E-state index is 0. The topological polar surface area (TPSA) is 49.4 Å². The largest absolute Gasteiger partial charge is 1.00 e. The van der Waals surface area contributed by atoms with Crippen molar-refractivity contribution in [2.75, 3.05) is 13.2 Å². The molecule has 0 aromatic rings. The molecule has 0 aromatic heterocycles. The standard InChI is InChI=1S/C3H6O3S.Na/c4-7(5)3-1-6-2-3;/h3H,1-2H2,(H,4,5);/q;+1/p-1. The molecule has 1 unspecified atom stereocenters. The molecule has 1 atom stereocenters. The fourth-order valence-corrected chi connectivity index (χ4v) is 0.740. The maximum absolute atomic E-state index is 9.90. The Balaban J connectivity index is 0.000000490. The van der Waals surface area contributed by atoms with E-state index in [1.54, 1.807) is 0 Å². The maximum atomic E-state index is 9.90. The molecule has 0 radical (unpaired) electrons. The summed E-state index contributed by atoms with van der Waals surface area (Å²) in [6.45, 7) is 0.770. The van der Waals surface area contributed by atoms with Crippen LogP contribution in [-0.4, -0.2) is 27.2 Å². The summed E-state index contributed by atoms with van der Waals surface area (Å²) in [4.78, 5) is 0. The van der Waals surface area contributed by atoms with E-state index >= 15 is 0 Å². The summed E-state index contributed by atoms with van der Waals surface area (Å²) in [6.07, 6.45) is 0. The second-order valence-electron chi connectivity index (χ2n) is 1.42. The second kappa shape index (κ2) is 3.98. The SMILES string of the molecule is O=S([O-])C1COC1.[Na+]. The van der Waals surface area contributed by atoms with Gasteiger partial charge in [-0.1, -0.05) is 0 Å². The van der Waals surface area contributed by atoms with E-state index in [4.69, 9.17) is 0 Å². The summed E-state index contributed by atoms with van der Waals surface area (Å²) in [5.74, 6) is 0. The Labute approximate surface area is 72.4 Å². The van der Waals surface area contributed by atoms with E-state index in [-0.39, 0.29) is 34.8 Å². The van der Waals surface area contributed by atoms with Gasteiger partial charge in [0.15, 0.2) is 0 Å². The summed E-state index contributed by atoms with van der Waals surface area (Å²) in [7, 11) is 0. The van der Waals surface area contributed by atoms with Crippen LogP contribution in [-0.2, 0) is 15.8 Å². The molecule has 5 heteroatoms. The van der Waals surface area contributed by atoms with Gasteiger partial charge in [0, 0.05) is 0 Å². The van der Waals surface area contributed by atoms with Gasteiger partial charge in [-0.05, 0) is 11.1 Å². The van der Waals surface area contributed by atoms with Gasteiger partial charge in [0.2, 0.25) is 0 Å². The van der Waals surface area contributed by atoms with Crippen LogP contribution in [0.15, 0.2) is 0 Å². The van der Waals surface area contributed by atoms with Crippen molar-refractivity contribution in [3.63, 3.8) is 0 Å². The predicted octanol–water partition coefficient (Wildman–Crippen LogP) is -3.73. The van der Waals surface area contributed by atoms with Gasteiger partial charge in [-0.25, -0.2) is 0 Å². The van der Waals surface area contributed by atoms with Gasteiger partial charge in [-0.15, -0.1) is 0 Å².